The molecule has 0 unspecified atom stereocenters. The van der Waals surface area contributed by atoms with Gasteiger partial charge in [-0.05, 0) is 49.2 Å². The number of sulfone groups is 1. The highest BCUT2D eigenvalue weighted by atomic mass is 32.2. The van der Waals surface area contributed by atoms with E-state index < -0.39 is 9.84 Å². The molecule has 0 saturated heterocycles. The Kier molecular flexibility index (Phi) is 4.06. The maximum absolute atomic E-state index is 13.1. The van der Waals surface area contributed by atoms with E-state index in [0.717, 1.165) is 18.5 Å². The number of furan rings is 1. The first-order valence-corrected chi connectivity index (χ1v) is 11.6. The van der Waals surface area contributed by atoms with Gasteiger partial charge in [0.2, 0.25) is 9.84 Å². The number of hydrogen-bond donors (Lipinski definition) is 0. The Hall–Kier alpha value is -3.79. The molecule has 9 nitrogen and oxygen atoms in total. The summed E-state index contributed by atoms with van der Waals surface area (Å²) in [6, 6.07) is 11.3. The molecule has 10 heteroatoms. The van der Waals surface area contributed by atoms with E-state index in [4.69, 9.17) is 4.42 Å². The lowest BCUT2D eigenvalue weighted by Crippen LogP contribution is -2.23. The summed E-state index contributed by atoms with van der Waals surface area (Å²) >= 11 is 0. The van der Waals surface area contributed by atoms with Crippen LogP contribution >= 0.6 is 0 Å². The van der Waals surface area contributed by atoms with Crippen molar-refractivity contribution in [3.63, 3.8) is 0 Å². The monoisotopic (exact) mass is 447 g/mol. The second-order valence-corrected chi connectivity index (χ2v) is 9.73. The van der Waals surface area contributed by atoms with Gasteiger partial charge in [0.15, 0.2) is 10.6 Å². The summed E-state index contributed by atoms with van der Waals surface area (Å²) in [6.45, 7) is 0.253. The van der Waals surface area contributed by atoms with Gasteiger partial charge in [-0.3, -0.25) is 9.48 Å². The van der Waals surface area contributed by atoms with Crippen LogP contribution in [0.3, 0.4) is 0 Å². The van der Waals surface area contributed by atoms with Crippen molar-refractivity contribution in [3.8, 4) is 0 Å². The topological polar surface area (TPSA) is 113 Å². The Bertz CT molecular complexity index is 1660. The fourth-order valence-electron chi connectivity index (χ4n) is 3.71. The maximum Gasteiger partial charge on any atom is 0.274 e. The number of pyridine rings is 1. The summed E-state index contributed by atoms with van der Waals surface area (Å²) in [5.41, 5.74) is 1.42. The molecule has 160 valence electrons. The van der Waals surface area contributed by atoms with Crippen LogP contribution in [-0.4, -0.2) is 33.0 Å². The van der Waals surface area contributed by atoms with Crippen molar-refractivity contribution in [3.05, 3.63) is 77.2 Å². The molecule has 32 heavy (non-hydrogen) atoms. The van der Waals surface area contributed by atoms with Crippen LogP contribution in [0.5, 0.6) is 0 Å². The average molecular weight is 447 g/mol. The van der Waals surface area contributed by atoms with Gasteiger partial charge in [-0.15, -0.1) is 0 Å². The van der Waals surface area contributed by atoms with Crippen molar-refractivity contribution in [1.29, 1.82) is 0 Å². The summed E-state index contributed by atoms with van der Waals surface area (Å²) in [6.07, 6.45) is 7.14. The first kappa shape index (κ1) is 18.9. The van der Waals surface area contributed by atoms with Crippen LogP contribution in [0.2, 0.25) is 0 Å². The summed E-state index contributed by atoms with van der Waals surface area (Å²) < 4.78 is 34.7. The third-order valence-electron chi connectivity index (χ3n) is 5.59. The predicted molar refractivity (Wildman–Crippen MR) is 115 cm³/mol. The molecule has 1 aliphatic rings. The quantitative estimate of drug-likeness (QED) is 0.407. The van der Waals surface area contributed by atoms with Crippen molar-refractivity contribution in [2.45, 2.75) is 35.3 Å². The second kappa shape index (κ2) is 6.86. The van der Waals surface area contributed by atoms with Crippen LogP contribution in [-0.2, 0) is 16.4 Å². The molecule has 1 aromatic carbocycles. The molecule has 0 bridgehead atoms. The zero-order chi connectivity index (χ0) is 21.9. The number of rotatable bonds is 5. The largest absolute Gasteiger partial charge is 0.463 e. The molecule has 5 aromatic rings. The third kappa shape index (κ3) is 3.11. The summed E-state index contributed by atoms with van der Waals surface area (Å²) in [5.74, 6) is 0. The molecule has 0 atom stereocenters. The van der Waals surface area contributed by atoms with Crippen LogP contribution in [0.4, 0.5) is 0 Å². The molecule has 1 aliphatic carbocycles. The van der Waals surface area contributed by atoms with Gasteiger partial charge in [0.25, 0.3) is 5.56 Å². The van der Waals surface area contributed by atoms with Crippen molar-refractivity contribution in [2.75, 3.05) is 0 Å². The normalized spacial score (nSPS) is 14.4. The molecular formula is C22H17N5O4S. The minimum Gasteiger partial charge on any atom is -0.463 e. The summed E-state index contributed by atoms with van der Waals surface area (Å²) in [4.78, 5) is 17.2. The number of aromatic nitrogens is 5. The van der Waals surface area contributed by atoms with E-state index in [1.165, 1.54) is 41.4 Å². The van der Waals surface area contributed by atoms with Gasteiger partial charge < -0.3 is 4.42 Å². The molecule has 1 fully saturated rings. The molecule has 4 heterocycles. The zero-order valence-electron chi connectivity index (χ0n) is 16.7. The highest BCUT2D eigenvalue weighted by Crippen LogP contribution is 2.34. The molecule has 6 rings (SSSR count). The Balaban J connectivity index is 1.35. The molecule has 0 aliphatic heterocycles. The minimum atomic E-state index is -3.87. The Morgan fingerprint density at radius 1 is 1.09 bits per heavy atom. The van der Waals surface area contributed by atoms with Crippen LogP contribution in [0.15, 0.2) is 80.3 Å². The zero-order valence-corrected chi connectivity index (χ0v) is 17.6. The highest BCUT2D eigenvalue weighted by Gasteiger charge is 2.24. The second-order valence-electron chi connectivity index (χ2n) is 7.83. The molecule has 0 amide bonds. The standard InChI is InChI=1S/C22H17N5O4S/c28-22-18-4-3-17(32(29,30)21-6-5-20-19(24-21)8-10-31-20)11-14(18)12-23-27(22)13-15-7-9-26(25-15)16-1-2-16/h3-12,16H,1-2,13H2. The number of hydrogen-bond acceptors (Lipinski definition) is 7. The summed E-state index contributed by atoms with van der Waals surface area (Å²) in [5, 5.41) is 9.49. The van der Waals surface area contributed by atoms with Gasteiger partial charge >= 0.3 is 0 Å². The van der Waals surface area contributed by atoms with E-state index in [1.54, 1.807) is 12.1 Å². The van der Waals surface area contributed by atoms with Gasteiger partial charge in [0.05, 0.1) is 41.0 Å². The van der Waals surface area contributed by atoms with Crippen molar-refractivity contribution >= 4 is 31.7 Å². The van der Waals surface area contributed by atoms with Gasteiger partial charge in [0.1, 0.15) is 5.52 Å². The van der Waals surface area contributed by atoms with E-state index >= 15 is 0 Å². The Labute approximate surface area is 181 Å². The fourth-order valence-corrected chi connectivity index (χ4v) is 4.94. The SMILES string of the molecule is O=c1c2ccc(S(=O)(=O)c3ccc4occc4n3)cc2cnn1Cc1ccn(C2CC2)n1. The van der Waals surface area contributed by atoms with E-state index in [2.05, 4.69) is 15.2 Å². The fraction of sp³-hybridized carbons (Fsp3) is 0.182. The van der Waals surface area contributed by atoms with Crippen LogP contribution in [0.1, 0.15) is 24.6 Å². The molecule has 0 N–H and O–H groups in total. The smallest absolute Gasteiger partial charge is 0.274 e. The molecule has 4 aromatic heterocycles. The van der Waals surface area contributed by atoms with E-state index in [1.807, 2.05) is 16.9 Å². The number of fused-ring (bicyclic) bond motifs is 2. The maximum atomic E-state index is 13.1. The lowest BCUT2D eigenvalue weighted by molar-refractivity contribution is 0.591. The Morgan fingerprint density at radius 3 is 2.81 bits per heavy atom. The van der Waals surface area contributed by atoms with Gasteiger partial charge in [0, 0.05) is 17.6 Å². The summed E-state index contributed by atoms with van der Waals surface area (Å²) in [7, 11) is -3.87. The molecule has 1 saturated carbocycles. The number of benzene rings is 1. The molecule has 0 spiro atoms. The lowest BCUT2D eigenvalue weighted by Gasteiger charge is -2.07. The third-order valence-corrected chi connectivity index (χ3v) is 7.24. The predicted octanol–water partition coefficient (Wildman–Crippen LogP) is 2.95. The molecular weight excluding hydrogens is 430 g/mol. The van der Waals surface area contributed by atoms with Gasteiger partial charge in [-0.25, -0.2) is 18.1 Å². The molecule has 0 radical (unpaired) electrons. The highest BCUT2D eigenvalue weighted by molar-refractivity contribution is 7.91. The minimum absolute atomic E-state index is 0.0440. The van der Waals surface area contributed by atoms with Crippen molar-refractivity contribution in [2.24, 2.45) is 0 Å². The van der Waals surface area contributed by atoms with Gasteiger partial charge in [-0.1, -0.05) is 0 Å². The first-order valence-electron chi connectivity index (χ1n) is 10.1. The van der Waals surface area contributed by atoms with Crippen molar-refractivity contribution in [1.82, 2.24) is 24.5 Å². The van der Waals surface area contributed by atoms with Crippen LogP contribution in [0.25, 0.3) is 21.9 Å². The van der Waals surface area contributed by atoms with Crippen LogP contribution < -0.4 is 5.56 Å². The number of nitrogens with zero attached hydrogens (tertiary/aromatic N) is 5. The van der Waals surface area contributed by atoms with Crippen LogP contribution in [0, 0.1) is 0 Å². The average Bonchev–Trinajstić information content (AvgIpc) is 3.35. The van der Waals surface area contributed by atoms with Gasteiger partial charge in [-0.2, -0.15) is 10.2 Å². The lowest BCUT2D eigenvalue weighted by atomic mass is 10.2. The van der Waals surface area contributed by atoms with E-state index in [9.17, 15) is 13.2 Å². The first-order chi connectivity index (χ1) is 15.5. The Morgan fingerprint density at radius 2 is 1.97 bits per heavy atom. The van der Waals surface area contributed by atoms with E-state index in [0.29, 0.717) is 27.9 Å². The van der Waals surface area contributed by atoms with E-state index in [-0.39, 0.29) is 22.0 Å². The van der Waals surface area contributed by atoms with Crippen molar-refractivity contribution < 1.29 is 12.8 Å².